The maximum atomic E-state index is 14.4. The van der Waals surface area contributed by atoms with Crippen molar-refractivity contribution < 1.29 is 57.3 Å². The van der Waals surface area contributed by atoms with Gasteiger partial charge in [0.1, 0.15) is 46.5 Å². The standard InChI is InChI=1S/C51H75N7O12/c1-12-21-36(53-41(60)38(32-34-22-15-13-16-23-34)55-42(61)39(33-35-24-17-14-18-25-35)56-46(65)69-49(5,6)7)40(59)54-37(26-19-20-29-52-45(64)68-48(2,3)4)43(62)58-30-27-51(28-31-58,44(63)67-11)57-47(66)70-50(8,9)10/h12-18,22-25,36-39H,1,19-21,26-33H2,2-11H3,(H,52,64)(H,53,60)(H,54,59)(H,55,61)(H,56,65)(H,57,66). The summed E-state index contributed by atoms with van der Waals surface area (Å²) >= 11 is 0. The number of nitrogens with one attached hydrogen (secondary N) is 6. The van der Waals surface area contributed by atoms with E-state index in [-0.39, 0.29) is 58.2 Å². The third kappa shape index (κ3) is 20.5. The molecule has 19 nitrogen and oxygen atoms in total. The van der Waals surface area contributed by atoms with Gasteiger partial charge in [-0.3, -0.25) is 19.2 Å². The highest BCUT2D eigenvalue weighted by atomic mass is 16.6. The first-order chi connectivity index (χ1) is 32.7. The number of unbranched alkanes of at least 4 members (excludes halogenated alkanes) is 1. The number of carbonyl (C=O) groups is 8. The molecule has 1 fully saturated rings. The monoisotopic (exact) mass is 978 g/mol. The van der Waals surface area contributed by atoms with E-state index in [4.69, 9.17) is 18.9 Å². The van der Waals surface area contributed by atoms with Gasteiger partial charge in [-0.15, -0.1) is 6.58 Å². The van der Waals surface area contributed by atoms with Crippen LogP contribution in [0.4, 0.5) is 14.4 Å². The molecule has 0 aliphatic carbocycles. The number of carbonyl (C=O) groups excluding carboxylic acids is 8. The van der Waals surface area contributed by atoms with E-state index in [0.29, 0.717) is 18.4 Å². The Balaban J connectivity index is 1.88. The van der Waals surface area contributed by atoms with Crippen molar-refractivity contribution in [2.24, 2.45) is 0 Å². The van der Waals surface area contributed by atoms with Crippen LogP contribution < -0.4 is 31.9 Å². The fraction of sp³-hybridized carbons (Fsp3) is 0.569. The van der Waals surface area contributed by atoms with E-state index < -0.39 is 94.4 Å². The Kier molecular flexibility index (Phi) is 21.7. The minimum atomic E-state index is -1.49. The number of rotatable bonds is 21. The third-order valence-electron chi connectivity index (χ3n) is 10.7. The molecule has 0 spiro atoms. The fourth-order valence-corrected chi connectivity index (χ4v) is 7.42. The lowest BCUT2D eigenvalue weighted by molar-refractivity contribution is -0.153. The van der Waals surface area contributed by atoms with Crippen LogP contribution >= 0.6 is 0 Å². The third-order valence-corrected chi connectivity index (χ3v) is 10.7. The topological polar surface area (TPSA) is 249 Å². The number of ether oxygens (including phenoxy) is 4. The van der Waals surface area contributed by atoms with Crippen LogP contribution in [0.2, 0.25) is 0 Å². The number of benzene rings is 2. The van der Waals surface area contributed by atoms with Crippen molar-refractivity contribution in [2.45, 2.75) is 160 Å². The smallest absolute Gasteiger partial charge is 0.408 e. The Labute approximate surface area is 412 Å². The number of alkyl carbamates (subject to hydrolysis) is 3. The maximum Gasteiger partial charge on any atom is 0.408 e. The number of hydrogen-bond acceptors (Lipinski definition) is 12. The molecular formula is C51H75N7O12. The summed E-state index contributed by atoms with van der Waals surface area (Å²) in [7, 11) is 1.20. The summed E-state index contributed by atoms with van der Waals surface area (Å²) in [5.74, 6) is -3.31. The summed E-state index contributed by atoms with van der Waals surface area (Å²) in [6.45, 7) is 19.4. The van der Waals surface area contributed by atoms with Gasteiger partial charge in [0.15, 0.2) is 0 Å². The van der Waals surface area contributed by atoms with Gasteiger partial charge in [-0.05, 0) is 112 Å². The molecule has 386 valence electrons. The Morgan fingerprint density at radius 3 is 1.54 bits per heavy atom. The number of amides is 7. The Hall–Kier alpha value is -6.66. The molecule has 1 aliphatic heterocycles. The number of nitrogens with zero attached hydrogens (tertiary/aromatic N) is 1. The van der Waals surface area contributed by atoms with E-state index in [9.17, 15) is 38.4 Å². The van der Waals surface area contributed by atoms with Gasteiger partial charge in [0.05, 0.1) is 7.11 Å². The summed E-state index contributed by atoms with van der Waals surface area (Å²) in [5.41, 5.74) is -2.47. The molecule has 0 saturated carbocycles. The molecule has 0 bridgehead atoms. The number of esters is 1. The van der Waals surface area contributed by atoms with E-state index in [2.05, 4.69) is 38.5 Å². The van der Waals surface area contributed by atoms with E-state index in [0.717, 1.165) is 5.56 Å². The van der Waals surface area contributed by atoms with Gasteiger partial charge in [0.25, 0.3) is 0 Å². The lowest BCUT2D eigenvalue weighted by Crippen LogP contribution is -2.63. The van der Waals surface area contributed by atoms with Crippen molar-refractivity contribution in [3.63, 3.8) is 0 Å². The van der Waals surface area contributed by atoms with Gasteiger partial charge in [0.2, 0.25) is 23.6 Å². The van der Waals surface area contributed by atoms with E-state index >= 15 is 0 Å². The second kappa shape index (κ2) is 26.4. The second-order valence-electron chi connectivity index (χ2n) is 20.2. The van der Waals surface area contributed by atoms with Crippen molar-refractivity contribution in [3.05, 3.63) is 84.4 Å². The largest absolute Gasteiger partial charge is 0.467 e. The molecule has 2 aromatic carbocycles. The van der Waals surface area contributed by atoms with Crippen molar-refractivity contribution in [1.82, 2.24) is 36.8 Å². The Morgan fingerprint density at radius 2 is 1.06 bits per heavy atom. The second-order valence-corrected chi connectivity index (χ2v) is 20.2. The molecule has 0 radical (unpaired) electrons. The normalized spacial score (nSPS) is 15.3. The van der Waals surface area contributed by atoms with E-state index in [1.807, 2.05) is 6.07 Å². The molecule has 3 rings (SSSR count). The van der Waals surface area contributed by atoms with Gasteiger partial charge in [0, 0.05) is 32.5 Å². The minimum Gasteiger partial charge on any atom is -0.467 e. The number of methoxy groups -OCH3 is 1. The lowest BCUT2D eigenvalue weighted by Gasteiger charge is -2.41. The van der Waals surface area contributed by atoms with Gasteiger partial charge in [-0.1, -0.05) is 66.7 Å². The molecule has 2 aromatic rings. The van der Waals surface area contributed by atoms with Crippen LogP contribution in [-0.4, -0.2) is 126 Å². The molecule has 1 heterocycles. The Bertz CT molecular complexity index is 2090. The first-order valence-electron chi connectivity index (χ1n) is 23.7. The SMILES string of the molecule is C=CCC(NC(=O)C(Cc1ccccc1)NC(=O)C(Cc1ccccc1)NC(=O)OC(C)(C)C)C(=O)NC(CCCCNC(=O)OC(C)(C)C)C(=O)N1CCC(NC(=O)OC(C)(C)C)(C(=O)OC)CC1. The van der Waals surface area contributed by atoms with Gasteiger partial charge in [-0.2, -0.15) is 0 Å². The molecule has 1 saturated heterocycles. The van der Waals surface area contributed by atoms with Gasteiger partial charge in [-0.25, -0.2) is 19.2 Å². The van der Waals surface area contributed by atoms with Crippen LogP contribution in [0.25, 0.3) is 0 Å². The zero-order chi connectivity index (χ0) is 52.3. The quantitative estimate of drug-likeness (QED) is 0.0412. The average Bonchev–Trinajstić information content (AvgIpc) is 3.26. The van der Waals surface area contributed by atoms with Crippen molar-refractivity contribution in [1.29, 1.82) is 0 Å². The zero-order valence-corrected chi connectivity index (χ0v) is 42.5. The van der Waals surface area contributed by atoms with Crippen LogP contribution in [0.15, 0.2) is 73.3 Å². The molecule has 19 heteroatoms. The molecule has 1 aliphatic rings. The van der Waals surface area contributed by atoms with E-state index in [1.54, 1.807) is 117 Å². The van der Waals surface area contributed by atoms with Crippen LogP contribution in [-0.2, 0) is 55.8 Å². The summed E-state index contributed by atoms with van der Waals surface area (Å²) in [4.78, 5) is 110. The van der Waals surface area contributed by atoms with Crippen molar-refractivity contribution >= 4 is 47.9 Å². The lowest BCUT2D eigenvalue weighted by atomic mass is 9.87. The van der Waals surface area contributed by atoms with Gasteiger partial charge >= 0.3 is 24.2 Å². The molecule has 6 N–H and O–H groups in total. The molecular weight excluding hydrogens is 903 g/mol. The first-order valence-corrected chi connectivity index (χ1v) is 23.7. The predicted octanol–water partition coefficient (Wildman–Crippen LogP) is 5.15. The molecule has 70 heavy (non-hydrogen) atoms. The molecule has 0 aromatic heterocycles. The van der Waals surface area contributed by atoms with Crippen LogP contribution in [0.5, 0.6) is 0 Å². The summed E-state index contributed by atoms with van der Waals surface area (Å²) < 4.78 is 21.3. The van der Waals surface area contributed by atoms with Crippen LogP contribution in [0.3, 0.4) is 0 Å². The summed E-state index contributed by atoms with van der Waals surface area (Å²) in [6.07, 6.45) is 0.0292. The van der Waals surface area contributed by atoms with Gasteiger partial charge < -0.3 is 55.7 Å². The van der Waals surface area contributed by atoms with E-state index in [1.165, 1.54) is 18.1 Å². The highest BCUT2D eigenvalue weighted by Crippen LogP contribution is 2.26. The molecule has 4 atom stereocenters. The van der Waals surface area contributed by atoms with Crippen molar-refractivity contribution in [3.8, 4) is 0 Å². The predicted molar refractivity (Wildman–Crippen MR) is 262 cm³/mol. The Morgan fingerprint density at radius 1 is 0.614 bits per heavy atom. The highest BCUT2D eigenvalue weighted by Gasteiger charge is 2.46. The number of hydrogen-bond donors (Lipinski definition) is 6. The van der Waals surface area contributed by atoms with Crippen molar-refractivity contribution in [2.75, 3.05) is 26.7 Å². The maximum absolute atomic E-state index is 14.4. The highest BCUT2D eigenvalue weighted by molar-refractivity contribution is 5.96. The molecule has 4 unspecified atom stereocenters. The summed E-state index contributed by atoms with van der Waals surface area (Å²) in [5, 5.41) is 16.4. The zero-order valence-electron chi connectivity index (χ0n) is 42.5. The number of likely N-dealkylation sites (tertiary alicyclic amines) is 1. The summed E-state index contributed by atoms with van der Waals surface area (Å²) in [6, 6.07) is 13.1. The first kappa shape index (κ1) is 57.7. The molecule has 7 amide bonds. The number of piperidine rings is 1. The average molecular weight is 978 g/mol. The fourth-order valence-electron chi connectivity index (χ4n) is 7.42. The van der Waals surface area contributed by atoms with Crippen LogP contribution in [0, 0.1) is 0 Å². The van der Waals surface area contributed by atoms with Crippen LogP contribution in [0.1, 0.15) is 112 Å². The minimum absolute atomic E-state index is 0.00195.